The molecule has 0 saturated heterocycles. The van der Waals surface area contributed by atoms with E-state index < -0.39 is 9.17 Å². The summed E-state index contributed by atoms with van der Waals surface area (Å²) < 4.78 is 8.74. The van der Waals surface area contributed by atoms with Crippen LogP contribution in [0.5, 0.6) is 0 Å². The Morgan fingerprint density at radius 2 is 1.50 bits per heavy atom. The standard InChI is InChI=1S/K.H2O3Si.Sr.3H/c;1-4(2)3;;;;/h;1-2H;;;;/q+1;;+2;3*-1. The smallest absolute Gasteiger partial charge is 1.00 e. The van der Waals surface area contributed by atoms with Gasteiger partial charge in [0.05, 0.1) is 0 Å². The maximum atomic E-state index is 8.74. The molecular formula is H5KO3SiSr. The first kappa shape index (κ1) is 15.9. The van der Waals surface area contributed by atoms with E-state index in [9.17, 15) is 0 Å². The minimum Gasteiger partial charge on any atom is -1.00 e. The van der Waals surface area contributed by atoms with Crippen molar-refractivity contribution in [1.29, 1.82) is 0 Å². The molecule has 3 nitrogen and oxygen atoms in total. The zero-order chi connectivity index (χ0) is 3.58. The summed E-state index contributed by atoms with van der Waals surface area (Å²) >= 11 is 0. The van der Waals surface area contributed by atoms with Crippen LogP contribution in [0, 0.1) is 0 Å². The van der Waals surface area contributed by atoms with Crippen LogP contribution in [0.25, 0.3) is 0 Å². The molecule has 0 aromatic heterocycles. The Hall–Kier alpha value is 2.73. The van der Waals surface area contributed by atoms with E-state index in [2.05, 4.69) is 0 Å². The first-order valence-electron chi connectivity index (χ1n) is 0.651. The van der Waals surface area contributed by atoms with E-state index in [-0.39, 0.29) is 101 Å². The van der Waals surface area contributed by atoms with Crippen LogP contribution < -0.4 is 51.4 Å². The Bertz CT molecular complexity index is 42.0. The summed E-state index contributed by atoms with van der Waals surface area (Å²) in [6, 6.07) is 0. The van der Waals surface area contributed by atoms with Crippen LogP contribution in [0.4, 0.5) is 0 Å². The van der Waals surface area contributed by atoms with E-state index in [4.69, 9.17) is 14.1 Å². The Labute approximate surface area is 121 Å². The van der Waals surface area contributed by atoms with Crippen LogP contribution in [0.2, 0.25) is 0 Å². The van der Waals surface area contributed by atoms with Crippen LogP contribution in [0.15, 0.2) is 0 Å². The molecule has 0 heterocycles. The number of hydrogen-bond donors (Lipinski definition) is 2. The van der Waals surface area contributed by atoms with Crippen molar-refractivity contribution in [2.75, 3.05) is 0 Å². The number of hydrogen-bond acceptors (Lipinski definition) is 1. The molecule has 0 aromatic rings. The van der Waals surface area contributed by atoms with Crippen LogP contribution in [0.1, 0.15) is 4.28 Å². The maximum absolute atomic E-state index is 8.74. The average molecular weight is 208 g/mol. The van der Waals surface area contributed by atoms with Gasteiger partial charge in [0.25, 0.3) is 0 Å². The topological polar surface area (TPSA) is 57.5 Å². The molecule has 0 aliphatic carbocycles. The maximum Gasteiger partial charge on any atom is 2.00 e. The fraction of sp³-hybridized carbons (Fsp3) is 0. The summed E-state index contributed by atoms with van der Waals surface area (Å²) in [7, 11) is -3.13. The van der Waals surface area contributed by atoms with Gasteiger partial charge in [-0.25, -0.2) is 0 Å². The Morgan fingerprint density at radius 1 is 1.50 bits per heavy atom. The van der Waals surface area contributed by atoms with Crippen molar-refractivity contribution in [2.45, 2.75) is 0 Å². The summed E-state index contributed by atoms with van der Waals surface area (Å²) in [6.07, 6.45) is 0. The molecule has 0 radical (unpaired) electrons. The van der Waals surface area contributed by atoms with Crippen LogP contribution >= 0.6 is 0 Å². The predicted molar refractivity (Wildman–Crippen MR) is 20.0 cm³/mol. The van der Waals surface area contributed by atoms with Crippen molar-refractivity contribution in [1.82, 2.24) is 0 Å². The van der Waals surface area contributed by atoms with Gasteiger partial charge in [0, 0.05) is 0 Å². The molecule has 0 aliphatic heterocycles. The summed E-state index contributed by atoms with van der Waals surface area (Å²) in [6.45, 7) is 0. The third-order valence-electron chi connectivity index (χ3n) is 0. The fourth-order valence-electron chi connectivity index (χ4n) is 0. The van der Waals surface area contributed by atoms with E-state index in [0.29, 0.717) is 0 Å². The van der Waals surface area contributed by atoms with Crippen molar-refractivity contribution < 1.29 is 69.7 Å². The zero-order valence-corrected chi connectivity index (χ0v) is 11.1. The van der Waals surface area contributed by atoms with Gasteiger partial charge in [0.1, 0.15) is 0 Å². The molecule has 0 bridgehead atoms. The van der Waals surface area contributed by atoms with Gasteiger partial charge in [0.15, 0.2) is 0 Å². The molecule has 0 spiro atoms. The van der Waals surface area contributed by atoms with Gasteiger partial charge in [-0.1, -0.05) is 0 Å². The minimum atomic E-state index is -3.13. The zero-order valence-electron chi connectivity index (χ0n) is 6.51. The molecule has 2 N–H and O–H groups in total. The minimum absolute atomic E-state index is 0. The second-order valence-electron chi connectivity index (χ2n) is 0.283. The molecule has 6 heavy (non-hydrogen) atoms. The van der Waals surface area contributed by atoms with Gasteiger partial charge in [-0.2, -0.15) is 0 Å². The van der Waals surface area contributed by atoms with Crippen molar-refractivity contribution in [3.8, 4) is 0 Å². The molecule has 0 unspecified atom stereocenters. The number of rotatable bonds is 0. The van der Waals surface area contributed by atoms with Crippen molar-refractivity contribution in [3.05, 3.63) is 0 Å². The summed E-state index contributed by atoms with van der Waals surface area (Å²) in [4.78, 5) is 14.3. The first-order chi connectivity index (χ1) is 1.73. The molecule has 30 valence electrons. The molecule has 0 aliphatic rings. The molecule has 6 heteroatoms. The molecule has 0 fully saturated rings. The monoisotopic (exact) mass is 208 g/mol. The molecular weight excluding hydrogens is 203 g/mol. The average Bonchev–Trinajstić information content (AvgIpc) is 0.811. The van der Waals surface area contributed by atoms with Gasteiger partial charge >= 0.3 is 106 Å². The Balaban J connectivity index is -0.00000000450. The van der Waals surface area contributed by atoms with E-state index in [1.807, 2.05) is 0 Å². The molecule has 0 saturated carbocycles. The van der Waals surface area contributed by atoms with Crippen molar-refractivity contribution in [2.24, 2.45) is 0 Å². The summed E-state index contributed by atoms with van der Waals surface area (Å²) in [5.41, 5.74) is 0. The van der Waals surface area contributed by atoms with E-state index in [1.165, 1.54) is 0 Å². The van der Waals surface area contributed by atoms with Crippen LogP contribution in [0.3, 0.4) is 0 Å². The van der Waals surface area contributed by atoms with Crippen LogP contribution in [-0.2, 0) is 4.46 Å². The Morgan fingerprint density at radius 3 is 1.50 bits per heavy atom. The SMILES string of the molecule is O=[Si](O)O.[H-].[H-].[H-].[K+].[Sr+2]. The van der Waals surface area contributed by atoms with Gasteiger partial charge in [0.2, 0.25) is 0 Å². The first-order valence-corrected chi connectivity index (χ1v) is 1.95. The predicted octanol–water partition coefficient (Wildman–Crippen LogP) is -4.65. The van der Waals surface area contributed by atoms with E-state index in [1.54, 1.807) is 0 Å². The largest absolute Gasteiger partial charge is 2.00 e. The summed E-state index contributed by atoms with van der Waals surface area (Å²) in [5, 5.41) is 0. The van der Waals surface area contributed by atoms with Gasteiger partial charge < -0.3 is 13.9 Å². The fourth-order valence-corrected chi connectivity index (χ4v) is 0. The van der Waals surface area contributed by atoms with Crippen LogP contribution in [-0.4, -0.2) is 64.2 Å². The van der Waals surface area contributed by atoms with Crippen molar-refractivity contribution in [3.63, 3.8) is 0 Å². The van der Waals surface area contributed by atoms with E-state index in [0.717, 1.165) is 0 Å². The molecule has 0 atom stereocenters. The summed E-state index contributed by atoms with van der Waals surface area (Å²) in [5.74, 6) is 0. The van der Waals surface area contributed by atoms with E-state index >= 15 is 0 Å². The van der Waals surface area contributed by atoms with Gasteiger partial charge in [-0.3, -0.25) is 4.46 Å². The third kappa shape index (κ3) is 29.6. The van der Waals surface area contributed by atoms with Crippen molar-refractivity contribution >= 4 is 54.7 Å². The normalized spacial score (nSPS) is 4.00. The third-order valence-corrected chi connectivity index (χ3v) is 0. The van der Waals surface area contributed by atoms with Gasteiger partial charge in [-0.15, -0.1) is 0 Å². The Kier molecular flexibility index (Phi) is 28.2. The quantitative estimate of drug-likeness (QED) is 0.393. The second kappa shape index (κ2) is 10.7. The second-order valence-corrected chi connectivity index (χ2v) is 0.848. The molecule has 0 amide bonds. The van der Waals surface area contributed by atoms with Gasteiger partial charge in [-0.05, 0) is 0 Å². The molecule has 0 aromatic carbocycles. The molecule has 0 rings (SSSR count).